The summed E-state index contributed by atoms with van der Waals surface area (Å²) in [7, 11) is 0. The van der Waals surface area contributed by atoms with E-state index < -0.39 is 0 Å². The van der Waals surface area contributed by atoms with Crippen LogP contribution in [0.2, 0.25) is 0 Å². The van der Waals surface area contributed by atoms with Crippen LogP contribution >= 0.6 is 0 Å². The highest BCUT2D eigenvalue weighted by Gasteiger charge is 2.14. The van der Waals surface area contributed by atoms with Gasteiger partial charge in [-0.1, -0.05) is 19.3 Å². The van der Waals surface area contributed by atoms with Crippen LogP contribution in [0.3, 0.4) is 0 Å². The molecule has 1 saturated heterocycles. The molecule has 2 aliphatic rings. The van der Waals surface area contributed by atoms with Gasteiger partial charge in [0.15, 0.2) is 0 Å². The summed E-state index contributed by atoms with van der Waals surface area (Å²) < 4.78 is 16.4. The first-order valence-corrected chi connectivity index (χ1v) is 6.97. The molecule has 1 unspecified atom stereocenters. The molecule has 0 bridgehead atoms. The first-order valence-electron chi connectivity index (χ1n) is 6.97. The van der Waals surface area contributed by atoms with Crippen LogP contribution in [0.5, 0.6) is 0 Å². The van der Waals surface area contributed by atoms with Gasteiger partial charge in [-0.05, 0) is 19.3 Å². The zero-order valence-electron chi connectivity index (χ0n) is 10.7. The van der Waals surface area contributed by atoms with E-state index in [1.807, 2.05) is 0 Å². The first-order chi connectivity index (χ1) is 8.45. The fourth-order valence-electron chi connectivity index (χ4n) is 2.45. The van der Waals surface area contributed by atoms with Gasteiger partial charge in [0.1, 0.15) is 6.79 Å². The normalized spacial score (nSPS) is 27.2. The molecule has 0 aromatic heterocycles. The maximum absolute atomic E-state index is 5.84. The topological polar surface area (TPSA) is 39.7 Å². The van der Waals surface area contributed by atoms with Crippen molar-refractivity contribution in [3.8, 4) is 0 Å². The first kappa shape index (κ1) is 13.3. The average molecular weight is 243 g/mol. The van der Waals surface area contributed by atoms with Crippen molar-refractivity contribution in [1.82, 2.24) is 5.32 Å². The zero-order chi connectivity index (χ0) is 11.8. The smallest absolute Gasteiger partial charge is 0.147 e. The van der Waals surface area contributed by atoms with Crippen molar-refractivity contribution in [3.63, 3.8) is 0 Å². The Labute approximate surface area is 104 Å². The van der Waals surface area contributed by atoms with Gasteiger partial charge >= 0.3 is 0 Å². The Hall–Kier alpha value is -0.160. The van der Waals surface area contributed by atoms with Gasteiger partial charge in [-0.25, -0.2) is 0 Å². The van der Waals surface area contributed by atoms with Crippen molar-refractivity contribution >= 4 is 0 Å². The van der Waals surface area contributed by atoms with Crippen LogP contribution < -0.4 is 5.32 Å². The summed E-state index contributed by atoms with van der Waals surface area (Å²) in [6.07, 6.45) is 8.41. The van der Waals surface area contributed by atoms with Gasteiger partial charge in [-0.2, -0.15) is 0 Å². The van der Waals surface area contributed by atoms with Gasteiger partial charge in [-0.15, -0.1) is 0 Å². The highest BCUT2D eigenvalue weighted by atomic mass is 16.7. The summed E-state index contributed by atoms with van der Waals surface area (Å²) in [5.74, 6) is 0. The molecule has 1 aliphatic carbocycles. The van der Waals surface area contributed by atoms with Crippen molar-refractivity contribution in [2.75, 3.05) is 33.1 Å². The Morgan fingerprint density at radius 2 is 2.00 bits per heavy atom. The molecule has 2 fully saturated rings. The molecule has 100 valence electrons. The van der Waals surface area contributed by atoms with E-state index in [1.54, 1.807) is 0 Å². The third kappa shape index (κ3) is 5.34. The summed E-state index contributed by atoms with van der Waals surface area (Å²) in [5.41, 5.74) is 0. The van der Waals surface area contributed by atoms with Crippen LogP contribution in [0.1, 0.15) is 38.5 Å². The van der Waals surface area contributed by atoms with E-state index in [4.69, 9.17) is 14.2 Å². The number of rotatable bonds is 6. The van der Waals surface area contributed by atoms with Crippen molar-refractivity contribution in [3.05, 3.63) is 0 Å². The maximum Gasteiger partial charge on any atom is 0.147 e. The van der Waals surface area contributed by atoms with Gasteiger partial charge in [0, 0.05) is 13.1 Å². The largest absolute Gasteiger partial charge is 0.377 e. The third-order valence-corrected chi connectivity index (χ3v) is 3.53. The molecule has 1 heterocycles. The Kier molecular flexibility index (Phi) is 6.27. The molecule has 1 N–H and O–H groups in total. The lowest BCUT2D eigenvalue weighted by molar-refractivity contribution is -0.137. The minimum absolute atomic E-state index is 0.318. The van der Waals surface area contributed by atoms with Gasteiger partial charge in [-0.3, -0.25) is 0 Å². The molecular weight excluding hydrogens is 218 g/mol. The van der Waals surface area contributed by atoms with Crippen molar-refractivity contribution in [1.29, 1.82) is 0 Å². The molecule has 4 nitrogen and oxygen atoms in total. The number of ether oxygens (including phenoxy) is 3. The van der Waals surface area contributed by atoms with E-state index in [0.717, 1.165) is 32.7 Å². The number of hydrogen-bond donors (Lipinski definition) is 1. The van der Waals surface area contributed by atoms with Crippen molar-refractivity contribution < 1.29 is 14.2 Å². The Bertz CT molecular complexity index is 169. The van der Waals surface area contributed by atoms with E-state index in [2.05, 4.69) is 5.32 Å². The quantitative estimate of drug-likeness (QED) is 0.721. The van der Waals surface area contributed by atoms with Crippen molar-refractivity contribution in [2.24, 2.45) is 0 Å². The molecule has 0 spiro atoms. The summed E-state index contributed by atoms with van der Waals surface area (Å²) in [5, 5.41) is 3.39. The molecule has 0 radical (unpaired) electrons. The Balaban J connectivity index is 1.42. The van der Waals surface area contributed by atoms with Gasteiger partial charge < -0.3 is 19.5 Å². The van der Waals surface area contributed by atoms with Crippen LogP contribution in [-0.2, 0) is 14.2 Å². The van der Waals surface area contributed by atoms with E-state index in [0.29, 0.717) is 19.0 Å². The summed E-state index contributed by atoms with van der Waals surface area (Å²) >= 11 is 0. The molecule has 0 amide bonds. The lowest BCUT2D eigenvalue weighted by Crippen LogP contribution is -2.35. The predicted molar refractivity (Wildman–Crippen MR) is 66.0 cm³/mol. The van der Waals surface area contributed by atoms with Crippen LogP contribution in [-0.4, -0.2) is 45.3 Å². The molecule has 4 heteroatoms. The van der Waals surface area contributed by atoms with Gasteiger partial charge in [0.05, 0.1) is 25.4 Å². The summed E-state index contributed by atoms with van der Waals surface area (Å²) in [4.78, 5) is 0. The molecule has 17 heavy (non-hydrogen) atoms. The SMILES string of the molecule is C1CCC(OCCNCC2CCOCO2)CC1. The van der Waals surface area contributed by atoms with E-state index in [1.165, 1.54) is 32.1 Å². The number of hydrogen-bond acceptors (Lipinski definition) is 4. The minimum atomic E-state index is 0.318. The Morgan fingerprint density at radius 3 is 2.76 bits per heavy atom. The van der Waals surface area contributed by atoms with E-state index >= 15 is 0 Å². The third-order valence-electron chi connectivity index (χ3n) is 3.53. The number of nitrogens with one attached hydrogen (secondary N) is 1. The molecule has 0 aromatic rings. The molecule has 1 atom stereocenters. The highest BCUT2D eigenvalue weighted by Crippen LogP contribution is 2.19. The molecule has 2 rings (SSSR count). The fourth-order valence-corrected chi connectivity index (χ4v) is 2.45. The molecule has 1 aliphatic heterocycles. The Morgan fingerprint density at radius 1 is 1.12 bits per heavy atom. The van der Waals surface area contributed by atoms with E-state index in [-0.39, 0.29) is 0 Å². The maximum atomic E-state index is 5.84. The monoisotopic (exact) mass is 243 g/mol. The molecular formula is C13H25NO3. The highest BCUT2D eigenvalue weighted by molar-refractivity contribution is 4.66. The van der Waals surface area contributed by atoms with Crippen molar-refractivity contribution in [2.45, 2.75) is 50.7 Å². The molecule has 1 saturated carbocycles. The molecule has 0 aromatic carbocycles. The van der Waals surface area contributed by atoms with E-state index in [9.17, 15) is 0 Å². The van der Waals surface area contributed by atoms with Crippen LogP contribution in [0.15, 0.2) is 0 Å². The average Bonchev–Trinajstić information content (AvgIpc) is 2.41. The standard InChI is InChI=1S/C13H25NO3/c1-2-4-12(5-3-1)16-9-7-14-10-13-6-8-15-11-17-13/h12-14H,1-11H2. The minimum Gasteiger partial charge on any atom is -0.377 e. The summed E-state index contributed by atoms with van der Waals surface area (Å²) in [6, 6.07) is 0. The fraction of sp³-hybridized carbons (Fsp3) is 1.00. The van der Waals surface area contributed by atoms with Crippen LogP contribution in [0, 0.1) is 0 Å². The van der Waals surface area contributed by atoms with Crippen LogP contribution in [0.25, 0.3) is 0 Å². The van der Waals surface area contributed by atoms with Gasteiger partial charge in [0.2, 0.25) is 0 Å². The predicted octanol–water partition coefficient (Wildman–Crippen LogP) is 1.69. The second-order valence-corrected chi connectivity index (χ2v) is 4.94. The lowest BCUT2D eigenvalue weighted by Gasteiger charge is -2.24. The summed E-state index contributed by atoms with van der Waals surface area (Å²) in [6.45, 7) is 3.94. The lowest BCUT2D eigenvalue weighted by atomic mass is 9.98. The zero-order valence-corrected chi connectivity index (χ0v) is 10.7. The van der Waals surface area contributed by atoms with Gasteiger partial charge in [0.25, 0.3) is 0 Å². The second kappa shape index (κ2) is 8.03. The second-order valence-electron chi connectivity index (χ2n) is 4.94. The van der Waals surface area contributed by atoms with Crippen LogP contribution in [0.4, 0.5) is 0 Å².